The molecule has 5 atom stereocenters. The van der Waals surface area contributed by atoms with E-state index in [0.29, 0.717) is 52.9 Å². The molecule has 0 heterocycles. The van der Waals surface area contributed by atoms with E-state index in [-0.39, 0.29) is 0 Å². The highest BCUT2D eigenvalue weighted by Crippen LogP contribution is 2.60. The van der Waals surface area contributed by atoms with E-state index in [1.165, 1.54) is 59.1 Å². The molecule has 2 fully saturated rings. The monoisotopic (exact) mass is 685 g/mol. The molecule has 0 radical (unpaired) electrons. The molecule has 0 nitrogen and oxygen atoms in total. The predicted molar refractivity (Wildman–Crippen MR) is 223 cm³/mol. The molecule has 0 aliphatic heterocycles. The number of fused-ring (bicyclic) bond motifs is 3. The highest BCUT2D eigenvalue weighted by molar-refractivity contribution is 7.12. The zero-order chi connectivity index (χ0) is 36.1. The Balaban J connectivity index is 1.86. The van der Waals surface area contributed by atoms with E-state index in [1.54, 1.807) is 15.6 Å². The van der Waals surface area contributed by atoms with Crippen LogP contribution in [0.5, 0.6) is 0 Å². The van der Waals surface area contributed by atoms with Gasteiger partial charge in [-0.25, -0.2) is 0 Å². The maximum atomic E-state index is 2.74. The lowest BCUT2D eigenvalue weighted by Gasteiger charge is -2.46. The van der Waals surface area contributed by atoms with Crippen LogP contribution in [-0.2, 0) is 0 Å². The van der Waals surface area contributed by atoms with Gasteiger partial charge in [0.05, 0.1) is 0 Å². The molecular formula is C49H68Si. The summed E-state index contributed by atoms with van der Waals surface area (Å²) in [6, 6.07) is 24.1. The summed E-state index contributed by atoms with van der Waals surface area (Å²) in [5.41, 5.74) is 9.71. The van der Waals surface area contributed by atoms with Gasteiger partial charge in [0.1, 0.15) is 0 Å². The number of hydrogen-bond donors (Lipinski definition) is 0. The molecule has 0 N–H and O–H groups in total. The van der Waals surface area contributed by atoms with Gasteiger partial charge in [0.25, 0.3) is 0 Å². The third kappa shape index (κ3) is 6.71. The fourth-order valence-electron chi connectivity index (χ4n) is 10.2. The Hall–Kier alpha value is -2.64. The van der Waals surface area contributed by atoms with Gasteiger partial charge in [-0.2, -0.15) is 0 Å². The first-order chi connectivity index (χ1) is 23.7. The third-order valence-electron chi connectivity index (χ3n) is 13.3. The molecule has 0 saturated heterocycles. The molecule has 5 unspecified atom stereocenters. The second-order valence-electron chi connectivity index (χ2n) is 18.5. The van der Waals surface area contributed by atoms with Crippen molar-refractivity contribution in [2.75, 3.05) is 0 Å². The molecule has 50 heavy (non-hydrogen) atoms. The minimum atomic E-state index is -2.76. The van der Waals surface area contributed by atoms with Gasteiger partial charge in [0.2, 0.25) is 0 Å². The molecule has 268 valence electrons. The van der Waals surface area contributed by atoms with Crippen molar-refractivity contribution in [3.63, 3.8) is 0 Å². The minimum absolute atomic E-state index is 0.483. The molecule has 0 aromatic heterocycles. The summed E-state index contributed by atoms with van der Waals surface area (Å²) in [4.78, 5) is 0. The number of allylic oxidation sites excluding steroid dienone is 4. The summed E-state index contributed by atoms with van der Waals surface area (Å²) < 4.78 is 0. The highest BCUT2D eigenvalue weighted by atomic mass is 28.3. The third-order valence-corrected chi connectivity index (χ3v) is 18.7. The van der Waals surface area contributed by atoms with Crippen molar-refractivity contribution in [1.82, 2.24) is 0 Å². The summed E-state index contributed by atoms with van der Waals surface area (Å²) in [6.45, 7) is 29.0. The molecule has 0 bridgehead atoms. The smallest absolute Gasteiger partial charge is 0.0808 e. The Labute approximate surface area is 308 Å². The summed E-state index contributed by atoms with van der Waals surface area (Å²) in [5.74, 6) is 5.63. The molecule has 2 saturated carbocycles. The van der Waals surface area contributed by atoms with Gasteiger partial charge in [-0.1, -0.05) is 181 Å². The Morgan fingerprint density at radius 2 is 0.700 bits per heavy atom. The molecule has 0 spiro atoms. The summed E-state index contributed by atoms with van der Waals surface area (Å²) in [5, 5.41) is 5.03. The molecule has 1 heteroatoms. The van der Waals surface area contributed by atoms with Gasteiger partial charge in [-0.05, 0) is 120 Å². The molecule has 0 amide bonds. The zero-order valence-corrected chi connectivity index (χ0v) is 34.7. The van der Waals surface area contributed by atoms with Crippen molar-refractivity contribution in [2.45, 2.75) is 150 Å². The first-order valence-corrected chi connectivity index (χ1v) is 22.6. The molecule has 3 aliphatic rings. The first-order valence-electron chi connectivity index (χ1n) is 20.5. The lowest BCUT2D eigenvalue weighted by atomic mass is 9.77. The zero-order valence-electron chi connectivity index (χ0n) is 33.7. The maximum absolute atomic E-state index is 2.76. The predicted octanol–water partition coefficient (Wildman–Crippen LogP) is 12.4. The molecule has 3 aromatic carbocycles. The van der Waals surface area contributed by atoms with Crippen LogP contribution in [0.1, 0.15) is 178 Å². The van der Waals surface area contributed by atoms with E-state index < -0.39 is 8.07 Å². The molecule has 6 rings (SSSR count). The Morgan fingerprint density at radius 3 is 1.02 bits per heavy atom. The van der Waals surface area contributed by atoms with Crippen molar-refractivity contribution >= 4 is 23.6 Å². The molecule has 3 aliphatic carbocycles. The SMILES string of the molecule is CC(C)c1cc(C(C)C)cc([Si](c2cc(C(C)C)cc(C(C)C)c2)(c2cc(C(C)C)cc(C(C)C)c2)C2C3C=CC=CC3C3CCCCC32)c1. The van der Waals surface area contributed by atoms with Crippen LogP contribution in [0.3, 0.4) is 0 Å². The lowest BCUT2D eigenvalue weighted by Crippen LogP contribution is -2.72. The number of rotatable bonds is 10. The van der Waals surface area contributed by atoms with Crippen molar-refractivity contribution in [2.24, 2.45) is 23.7 Å². The van der Waals surface area contributed by atoms with E-state index in [9.17, 15) is 0 Å². The largest absolute Gasteiger partial charge is 0.152 e. The van der Waals surface area contributed by atoms with E-state index in [2.05, 4.69) is 162 Å². The van der Waals surface area contributed by atoms with Crippen LogP contribution in [0.25, 0.3) is 0 Å². The fraction of sp³-hybridized carbons (Fsp3) is 0.551. The van der Waals surface area contributed by atoms with Crippen LogP contribution < -0.4 is 15.6 Å². The van der Waals surface area contributed by atoms with Crippen LogP contribution in [0, 0.1) is 23.7 Å². The Kier molecular flexibility index (Phi) is 11.0. The van der Waals surface area contributed by atoms with Crippen LogP contribution in [0.15, 0.2) is 78.9 Å². The quantitative estimate of drug-likeness (QED) is 0.147. The van der Waals surface area contributed by atoms with Gasteiger partial charge < -0.3 is 0 Å². The van der Waals surface area contributed by atoms with Crippen LogP contribution in [0.4, 0.5) is 0 Å². The van der Waals surface area contributed by atoms with E-state index >= 15 is 0 Å². The van der Waals surface area contributed by atoms with E-state index in [0.717, 1.165) is 11.8 Å². The van der Waals surface area contributed by atoms with E-state index in [1.807, 2.05) is 0 Å². The standard InChI is InChI=1S/C49H68Si/c1-30(2)36-21-37(31(3)4)25-42(24-36)50(43-26-38(32(5)6)22-39(27-43)33(7)8,44-28-40(34(9)10)23-41(29-44)35(11)12)49-47-19-15-13-17-45(47)46-18-14-16-20-48(46)49/h13,15,17,19,21-35,45-49H,14,16,18,20H2,1-12H3. The highest BCUT2D eigenvalue weighted by Gasteiger charge is 2.60. The topological polar surface area (TPSA) is 0 Å². The van der Waals surface area contributed by atoms with Crippen LogP contribution in [-0.4, -0.2) is 8.07 Å². The van der Waals surface area contributed by atoms with Gasteiger partial charge in [-0.3, -0.25) is 0 Å². The fourth-order valence-corrected chi connectivity index (χ4v) is 16.7. The Morgan fingerprint density at radius 1 is 0.400 bits per heavy atom. The summed E-state index contributed by atoms with van der Waals surface area (Å²) in [7, 11) is -2.76. The van der Waals surface area contributed by atoms with Gasteiger partial charge in [-0.15, -0.1) is 0 Å². The number of hydrogen-bond acceptors (Lipinski definition) is 0. The minimum Gasteiger partial charge on any atom is -0.0808 e. The van der Waals surface area contributed by atoms with Gasteiger partial charge >= 0.3 is 0 Å². The first kappa shape index (κ1) is 37.1. The van der Waals surface area contributed by atoms with Crippen molar-refractivity contribution in [3.05, 3.63) is 112 Å². The summed E-state index contributed by atoms with van der Waals surface area (Å²) >= 11 is 0. The van der Waals surface area contributed by atoms with Gasteiger partial charge in [0, 0.05) is 0 Å². The van der Waals surface area contributed by atoms with Crippen molar-refractivity contribution in [1.29, 1.82) is 0 Å². The maximum Gasteiger partial charge on any atom is 0.152 e. The van der Waals surface area contributed by atoms with Crippen LogP contribution >= 0.6 is 0 Å². The van der Waals surface area contributed by atoms with Crippen molar-refractivity contribution < 1.29 is 0 Å². The molecular weight excluding hydrogens is 617 g/mol. The lowest BCUT2D eigenvalue weighted by molar-refractivity contribution is 0.247. The number of benzene rings is 3. The average molecular weight is 685 g/mol. The molecule has 3 aromatic rings. The van der Waals surface area contributed by atoms with Crippen LogP contribution in [0.2, 0.25) is 5.54 Å². The normalized spacial score (nSPS) is 23.6. The second kappa shape index (κ2) is 14.8. The van der Waals surface area contributed by atoms with E-state index in [4.69, 9.17) is 0 Å². The second-order valence-corrected chi connectivity index (χ2v) is 22.5. The average Bonchev–Trinajstić information content (AvgIpc) is 3.42. The van der Waals surface area contributed by atoms with Gasteiger partial charge in [0.15, 0.2) is 8.07 Å². The Bertz CT molecular complexity index is 1480. The van der Waals surface area contributed by atoms with Crippen molar-refractivity contribution in [3.8, 4) is 0 Å². The summed E-state index contributed by atoms with van der Waals surface area (Å²) in [6.07, 6.45) is 15.7.